The van der Waals surface area contributed by atoms with E-state index in [-0.39, 0.29) is 23.9 Å². The molecule has 0 aromatic rings. The van der Waals surface area contributed by atoms with E-state index >= 15 is 0 Å². The number of amides is 2. The van der Waals surface area contributed by atoms with Crippen molar-refractivity contribution in [1.82, 2.24) is 9.80 Å². The van der Waals surface area contributed by atoms with E-state index in [1.165, 1.54) is 6.08 Å². The second-order valence-electron chi connectivity index (χ2n) is 6.21. The third kappa shape index (κ3) is 4.70. The zero-order chi connectivity index (χ0) is 17.4. The van der Waals surface area contributed by atoms with E-state index < -0.39 is 0 Å². The fourth-order valence-electron chi connectivity index (χ4n) is 3.26. The third-order valence-electron chi connectivity index (χ3n) is 4.63. The van der Waals surface area contributed by atoms with Crippen molar-refractivity contribution in [3.05, 3.63) is 49.1 Å². The molecule has 0 radical (unpaired) electrons. The summed E-state index contributed by atoms with van der Waals surface area (Å²) in [5.74, 6) is 0.130. The summed E-state index contributed by atoms with van der Waals surface area (Å²) in [7, 11) is 0. The van der Waals surface area contributed by atoms with Gasteiger partial charge in [-0.2, -0.15) is 0 Å². The van der Waals surface area contributed by atoms with Gasteiger partial charge in [-0.25, -0.2) is 0 Å². The summed E-state index contributed by atoms with van der Waals surface area (Å²) in [6, 6.07) is 0.372. The van der Waals surface area contributed by atoms with Crippen molar-refractivity contribution in [3.63, 3.8) is 0 Å². The highest BCUT2D eigenvalue weighted by Gasteiger charge is 2.22. The Morgan fingerprint density at radius 2 is 1.58 bits per heavy atom. The zero-order valence-corrected chi connectivity index (χ0v) is 14.6. The van der Waals surface area contributed by atoms with Gasteiger partial charge in [0.25, 0.3) is 0 Å². The molecule has 4 nitrogen and oxygen atoms in total. The van der Waals surface area contributed by atoms with Crippen molar-refractivity contribution >= 4 is 11.8 Å². The standard InChI is InChI=1S/C20H28N2O2/c1-3-19(23)21(17-11-5-6-12-17)15-9-10-16-22(20(24)4-2)18-13-7-8-14-18/h3,5,7,9-11,13,17-18H,1,4,6,8,12,14-16H2,2H3/b10-9+. The van der Waals surface area contributed by atoms with Crippen LogP contribution in [-0.2, 0) is 9.59 Å². The summed E-state index contributed by atoms with van der Waals surface area (Å²) < 4.78 is 0. The van der Waals surface area contributed by atoms with Crippen molar-refractivity contribution in [2.45, 2.75) is 51.1 Å². The number of allylic oxidation sites excluding steroid dienone is 2. The van der Waals surface area contributed by atoms with E-state index in [0.29, 0.717) is 19.5 Å². The topological polar surface area (TPSA) is 40.6 Å². The smallest absolute Gasteiger partial charge is 0.246 e. The van der Waals surface area contributed by atoms with Crippen molar-refractivity contribution in [1.29, 1.82) is 0 Å². The molecule has 0 saturated heterocycles. The number of carbonyl (C=O) groups is 2. The van der Waals surface area contributed by atoms with Crippen molar-refractivity contribution < 1.29 is 9.59 Å². The molecule has 0 spiro atoms. The lowest BCUT2D eigenvalue weighted by molar-refractivity contribution is -0.131. The Balaban J connectivity index is 1.93. The van der Waals surface area contributed by atoms with Crippen molar-refractivity contribution in [2.24, 2.45) is 0 Å². The molecule has 0 aliphatic heterocycles. The number of nitrogens with zero attached hydrogens (tertiary/aromatic N) is 2. The molecule has 2 atom stereocenters. The van der Waals surface area contributed by atoms with Gasteiger partial charge in [0, 0.05) is 19.5 Å². The average molecular weight is 328 g/mol. The first-order valence-electron chi connectivity index (χ1n) is 8.88. The van der Waals surface area contributed by atoms with Crippen LogP contribution in [-0.4, -0.2) is 46.8 Å². The Bertz CT molecular complexity index is 548. The van der Waals surface area contributed by atoms with Crippen LogP contribution in [0.2, 0.25) is 0 Å². The minimum absolute atomic E-state index is 0.0450. The Hall–Kier alpha value is -2.10. The zero-order valence-electron chi connectivity index (χ0n) is 14.6. The summed E-state index contributed by atoms with van der Waals surface area (Å²) in [6.45, 7) is 6.64. The van der Waals surface area contributed by atoms with Crippen LogP contribution < -0.4 is 0 Å². The molecule has 0 fully saturated rings. The monoisotopic (exact) mass is 328 g/mol. The number of rotatable bonds is 8. The second-order valence-corrected chi connectivity index (χ2v) is 6.21. The number of carbonyl (C=O) groups excluding carboxylic acids is 2. The molecule has 0 aromatic heterocycles. The predicted octanol–water partition coefficient (Wildman–Crippen LogP) is 3.23. The van der Waals surface area contributed by atoms with E-state index in [1.807, 2.05) is 28.9 Å². The van der Waals surface area contributed by atoms with E-state index in [4.69, 9.17) is 0 Å². The Morgan fingerprint density at radius 1 is 1.04 bits per heavy atom. The maximum Gasteiger partial charge on any atom is 0.246 e. The summed E-state index contributed by atoms with van der Waals surface area (Å²) in [5, 5.41) is 0. The highest BCUT2D eigenvalue weighted by Crippen LogP contribution is 2.18. The Labute approximate surface area is 145 Å². The molecule has 2 aliphatic carbocycles. The first-order chi connectivity index (χ1) is 11.7. The lowest BCUT2D eigenvalue weighted by Gasteiger charge is -2.27. The van der Waals surface area contributed by atoms with Crippen LogP contribution in [0.5, 0.6) is 0 Å². The Morgan fingerprint density at radius 3 is 2.04 bits per heavy atom. The molecule has 2 rings (SSSR count). The highest BCUT2D eigenvalue weighted by atomic mass is 16.2. The van der Waals surface area contributed by atoms with Gasteiger partial charge in [-0.15, -0.1) is 0 Å². The van der Waals surface area contributed by atoms with Crippen LogP contribution in [0.4, 0.5) is 0 Å². The van der Waals surface area contributed by atoms with Crippen LogP contribution in [0.25, 0.3) is 0 Å². The van der Waals surface area contributed by atoms with Crippen LogP contribution in [0.15, 0.2) is 49.1 Å². The van der Waals surface area contributed by atoms with Gasteiger partial charge >= 0.3 is 0 Å². The van der Waals surface area contributed by atoms with Crippen LogP contribution in [0, 0.1) is 0 Å². The molecule has 0 heterocycles. The summed E-state index contributed by atoms with van der Waals surface area (Å²) in [5.41, 5.74) is 0. The first kappa shape index (κ1) is 18.2. The molecule has 2 unspecified atom stereocenters. The van der Waals surface area contributed by atoms with Crippen molar-refractivity contribution in [2.75, 3.05) is 13.1 Å². The fourth-order valence-corrected chi connectivity index (χ4v) is 3.26. The molecule has 130 valence electrons. The highest BCUT2D eigenvalue weighted by molar-refractivity contribution is 5.87. The molecular weight excluding hydrogens is 300 g/mol. The molecule has 4 heteroatoms. The Kier molecular flexibility index (Phi) is 7.04. The molecule has 24 heavy (non-hydrogen) atoms. The lowest BCUT2D eigenvalue weighted by atomic mass is 10.2. The van der Waals surface area contributed by atoms with Gasteiger partial charge < -0.3 is 9.80 Å². The number of hydrogen-bond donors (Lipinski definition) is 0. The average Bonchev–Trinajstić information content (AvgIpc) is 3.30. The van der Waals surface area contributed by atoms with E-state index in [1.54, 1.807) is 0 Å². The molecule has 0 bridgehead atoms. The van der Waals surface area contributed by atoms with Gasteiger partial charge in [0.1, 0.15) is 0 Å². The second kappa shape index (κ2) is 9.26. The summed E-state index contributed by atoms with van der Waals surface area (Å²) >= 11 is 0. The van der Waals surface area contributed by atoms with Crippen LogP contribution >= 0.6 is 0 Å². The van der Waals surface area contributed by atoms with E-state index in [2.05, 4.69) is 30.9 Å². The maximum atomic E-state index is 12.2. The minimum Gasteiger partial charge on any atom is -0.333 e. The van der Waals surface area contributed by atoms with E-state index in [9.17, 15) is 9.59 Å². The lowest BCUT2D eigenvalue weighted by Crippen LogP contribution is -2.39. The van der Waals surface area contributed by atoms with Gasteiger partial charge in [0.2, 0.25) is 11.8 Å². The molecule has 2 amide bonds. The molecule has 0 N–H and O–H groups in total. The van der Waals surface area contributed by atoms with Crippen LogP contribution in [0.3, 0.4) is 0 Å². The third-order valence-corrected chi connectivity index (χ3v) is 4.63. The molecular formula is C20H28N2O2. The van der Waals surface area contributed by atoms with Gasteiger partial charge in [0.15, 0.2) is 0 Å². The van der Waals surface area contributed by atoms with Gasteiger partial charge in [-0.3, -0.25) is 9.59 Å². The number of hydrogen-bond acceptors (Lipinski definition) is 2. The first-order valence-corrected chi connectivity index (χ1v) is 8.88. The summed E-state index contributed by atoms with van der Waals surface area (Å²) in [4.78, 5) is 28.0. The summed E-state index contributed by atoms with van der Waals surface area (Å²) in [6.07, 6.45) is 18.4. The SMILES string of the molecule is C=CC(=O)N(C/C=C/CN(C(=O)CC)C1C=CCC1)C1C=CCC1. The van der Waals surface area contributed by atoms with E-state index in [0.717, 1.165) is 25.7 Å². The van der Waals surface area contributed by atoms with Crippen molar-refractivity contribution in [3.8, 4) is 0 Å². The normalized spacial score (nSPS) is 22.2. The largest absolute Gasteiger partial charge is 0.333 e. The quantitative estimate of drug-likeness (QED) is 0.507. The minimum atomic E-state index is -0.0450. The predicted molar refractivity (Wildman–Crippen MR) is 97.4 cm³/mol. The fraction of sp³-hybridized carbons (Fsp3) is 0.500. The maximum absolute atomic E-state index is 12.2. The van der Waals surface area contributed by atoms with Crippen LogP contribution in [0.1, 0.15) is 39.0 Å². The molecule has 0 aromatic carbocycles. The molecule has 0 saturated carbocycles. The van der Waals surface area contributed by atoms with Gasteiger partial charge in [-0.05, 0) is 31.8 Å². The molecule has 2 aliphatic rings. The van der Waals surface area contributed by atoms with Gasteiger partial charge in [0.05, 0.1) is 12.1 Å². The van der Waals surface area contributed by atoms with Gasteiger partial charge in [-0.1, -0.05) is 50.0 Å².